The summed E-state index contributed by atoms with van der Waals surface area (Å²) in [5.41, 5.74) is 8.22. The molecule has 0 saturated carbocycles. The number of aromatic nitrogens is 1. The quantitative estimate of drug-likeness (QED) is 0.697. The largest absolute Gasteiger partial charge is 0.352 e. The molecular weight excluding hydrogens is 385 g/mol. The van der Waals surface area contributed by atoms with Crippen LogP contribution in [0.5, 0.6) is 0 Å². The molecule has 3 heterocycles. The molecule has 7 nitrogen and oxygen atoms in total. The van der Waals surface area contributed by atoms with Gasteiger partial charge < -0.3 is 10.2 Å². The van der Waals surface area contributed by atoms with Crippen molar-refractivity contribution >= 4 is 11.8 Å². The Bertz CT molecular complexity index is 877. The number of halogens is 1. The lowest BCUT2D eigenvalue weighted by atomic mass is 9.95. The van der Waals surface area contributed by atoms with E-state index < -0.39 is 0 Å². The number of carbonyl (C=O) groups is 2. The van der Waals surface area contributed by atoms with Gasteiger partial charge in [0.1, 0.15) is 11.9 Å². The normalized spacial score (nSPS) is 23.9. The Labute approximate surface area is 175 Å². The van der Waals surface area contributed by atoms with E-state index in [0.29, 0.717) is 26.1 Å². The van der Waals surface area contributed by atoms with Crippen LogP contribution in [0.4, 0.5) is 4.39 Å². The van der Waals surface area contributed by atoms with Gasteiger partial charge in [0.2, 0.25) is 11.8 Å². The predicted octanol–water partition coefficient (Wildman–Crippen LogP) is 1.68. The highest BCUT2D eigenvalue weighted by Gasteiger charge is 2.36. The molecule has 2 fully saturated rings. The van der Waals surface area contributed by atoms with E-state index in [1.54, 1.807) is 29.4 Å². The fourth-order valence-electron chi connectivity index (χ4n) is 4.08. The second-order valence-electron chi connectivity index (χ2n) is 7.88. The Hall–Kier alpha value is -2.84. The number of pyridine rings is 1. The summed E-state index contributed by atoms with van der Waals surface area (Å²) in [6.45, 7) is 1.44. The average molecular weight is 411 g/mol. The standard InChI is InChI=1S/C22H26FN5O2/c23-18-5-3-15(4-6-18)13-25-21(29)17-2-1-11-28(14-17)22(30)20-12-19(26-27-20)16-7-9-24-10-8-16/h3-10,17,19-20,26-27H,1-2,11-14H2,(H,25,29). The predicted molar refractivity (Wildman–Crippen MR) is 109 cm³/mol. The van der Waals surface area contributed by atoms with Crippen molar-refractivity contribution in [3.63, 3.8) is 0 Å². The molecule has 3 unspecified atom stereocenters. The number of benzene rings is 1. The summed E-state index contributed by atoms with van der Waals surface area (Å²) in [7, 11) is 0. The first-order chi connectivity index (χ1) is 14.6. The maximum absolute atomic E-state index is 13.0. The van der Waals surface area contributed by atoms with Gasteiger partial charge in [-0.1, -0.05) is 12.1 Å². The van der Waals surface area contributed by atoms with E-state index in [4.69, 9.17) is 0 Å². The van der Waals surface area contributed by atoms with Gasteiger partial charge in [0.15, 0.2) is 0 Å². The number of nitrogens with zero attached hydrogens (tertiary/aromatic N) is 2. The summed E-state index contributed by atoms with van der Waals surface area (Å²) in [5.74, 6) is -0.569. The molecule has 8 heteroatoms. The van der Waals surface area contributed by atoms with Crippen LogP contribution in [0.2, 0.25) is 0 Å². The minimum Gasteiger partial charge on any atom is -0.352 e. The minimum atomic E-state index is -0.316. The summed E-state index contributed by atoms with van der Waals surface area (Å²) in [4.78, 5) is 31.4. The summed E-state index contributed by atoms with van der Waals surface area (Å²) in [6, 6.07) is 9.69. The highest BCUT2D eigenvalue weighted by Crippen LogP contribution is 2.24. The number of amides is 2. The van der Waals surface area contributed by atoms with E-state index in [1.165, 1.54) is 12.1 Å². The smallest absolute Gasteiger partial charge is 0.241 e. The van der Waals surface area contributed by atoms with Gasteiger partial charge in [0.05, 0.1) is 5.92 Å². The van der Waals surface area contributed by atoms with Crippen LogP contribution in [0.25, 0.3) is 0 Å². The van der Waals surface area contributed by atoms with Gasteiger partial charge in [0, 0.05) is 38.1 Å². The van der Waals surface area contributed by atoms with Crippen molar-refractivity contribution in [3.8, 4) is 0 Å². The van der Waals surface area contributed by atoms with E-state index in [-0.39, 0.29) is 35.6 Å². The Kier molecular flexibility index (Phi) is 6.35. The summed E-state index contributed by atoms with van der Waals surface area (Å²) in [6.07, 6.45) is 5.70. The van der Waals surface area contributed by atoms with Gasteiger partial charge in [-0.25, -0.2) is 15.2 Å². The van der Waals surface area contributed by atoms with Crippen LogP contribution in [-0.4, -0.2) is 40.8 Å². The van der Waals surface area contributed by atoms with Crippen LogP contribution in [-0.2, 0) is 16.1 Å². The molecule has 4 rings (SSSR count). The first-order valence-corrected chi connectivity index (χ1v) is 10.3. The number of carbonyl (C=O) groups excluding carboxylic acids is 2. The van der Waals surface area contributed by atoms with Gasteiger partial charge in [-0.05, 0) is 54.7 Å². The number of hydrogen-bond acceptors (Lipinski definition) is 5. The highest BCUT2D eigenvalue weighted by molar-refractivity contribution is 5.84. The molecule has 1 aromatic heterocycles. The zero-order valence-corrected chi connectivity index (χ0v) is 16.7. The third-order valence-electron chi connectivity index (χ3n) is 5.79. The van der Waals surface area contributed by atoms with Gasteiger partial charge >= 0.3 is 0 Å². The van der Waals surface area contributed by atoms with E-state index in [2.05, 4.69) is 21.2 Å². The van der Waals surface area contributed by atoms with Crippen LogP contribution in [0.3, 0.4) is 0 Å². The maximum atomic E-state index is 13.0. The molecule has 0 spiro atoms. The van der Waals surface area contributed by atoms with Crippen LogP contribution >= 0.6 is 0 Å². The number of likely N-dealkylation sites (tertiary alicyclic amines) is 1. The van der Waals surface area contributed by atoms with Crippen molar-refractivity contribution in [1.82, 2.24) is 26.1 Å². The molecule has 30 heavy (non-hydrogen) atoms. The molecule has 2 saturated heterocycles. The molecule has 1 aromatic carbocycles. The van der Waals surface area contributed by atoms with Crippen molar-refractivity contribution in [1.29, 1.82) is 0 Å². The second kappa shape index (κ2) is 9.32. The fourth-order valence-corrected chi connectivity index (χ4v) is 4.08. The van der Waals surface area contributed by atoms with Crippen LogP contribution in [0.15, 0.2) is 48.8 Å². The zero-order chi connectivity index (χ0) is 20.9. The monoisotopic (exact) mass is 411 g/mol. The van der Waals surface area contributed by atoms with E-state index in [1.807, 2.05) is 12.1 Å². The number of piperidine rings is 1. The minimum absolute atomic E-state index is 0.0232. The highest BCUT2D eigenvalue weighted by atomic mass is 19.1. The summed E-state index contributed by atoms with van der Waals surface area (Å²) >= 11 is 0. The van der Waals surface area contributed by atoms with E-state index in [9.17, 15) is 14.0 Å². The van der Waals surface area contributed by atoms with Gasteiger partial charge in [-0.2, -0.15) is 0 Å². The first-order valence-electron chi connectivity index (χ1n) is 10.3. The lowest BCUT2D eigenvalue weighted by molar-refractivity contribution is -0.137. The number of nitrogens with one attached hydrogen (secondary N) is 3. The molecule has 0 radical (unpaired) electrons. The van der Waals surface area contributed by atoms with E-state index >= 15 is 0 Å². The molecule has 2 amide bonds. The Balaban J connectivity index is 1.29. The van der Waals surface area contributed by atoms with Crippen molar-refractivity contribution in [3.05, 3.63) is 65.7 Å². The SMILES string of the molecule is O=C(NCc1ccc(F)cc1)C1CCCN(C(=O)C2CC(c3ccncc3)NN2)C1. The molecular formula is C22H26FN5O2. The summed E-state index contributed by atoms with van der Waals surface area (Å²) in [5, 5.41) is 2.91. The lowest BCUT2D eigenvalue weighted by Gasteiger charge is -2.33. The van der Waals surface area contributed by atoms with Gasteiger partial charge in [-0.15, -0.1) is 0 Å². The van der Waals surface area contributed by atoms with Gasteiger partial charge in [-0.3, -0.25) is 14.6 Å². The molecule has 0 aliphatic carbocycles. The second-order valence-corrected chi connectivity index (χ2v) is 7.88. The van der Waals surface area contributed by atoms with Crippen LogP contribution in [0, 0.1) is 11.7 Å². The number of hydrogen-bond donors (Lipinski definition) is 3. The van der Waals surface area contributed by atoms with Crippen LogP contribution in [0.1, 0.15) is 36.4 Å². The molecule has 0 bridgehead atoms. The van der Waals surface area contributed by atoms with E-state index in [0.717, 1.165) is 24.0 Å². The van der Waals surface area contributed by atoms with Crippen molar-refractivity contribution in [2.45, 2.75) is 37.9 Å². The van der Waals surface area contributed by atoms with Crippen molar-refractivity contribution in [2.75, 3.05) is 13.1 Å². The lowest BCUT2D eigenvalue weighted by Crippen LogP contribution is -2.51. The molecule has 3 atom stereocenters. The number of hydrazine groups is 1. The summed E-state index contributed by atoms with van der Waals surface area (Å²) < 4.78 is 13.0. The maximum Gasteiger partial charge on any atom is 0.241 e. The third-order valence-corrected chi connectivity index (χ3v) is 5.79. The van der Waals surface area contributed by atoms with Gasteiger partial charge in [0.25, 0.3) is 0 Å². The topological polar surface area (TPSA) is 86.4 Å². The zero-order valence-electron chi connectivity index (χ0n) is 16.7. The fraction of sp³-hybridized carbons (Fsp3) is 0.409. The van der Waals surface area contributed by atoms with Crippen molar-refractivity contribution in [2.24, 2.45) is 5.92 Å². The molecule has 3 N–H and O–H groups in total. The van der Waals surface area contributed by atoms with Crippen molar-refractivity contribution < 1.29 is 14.0 Å². The molecule has 2 aliphatic rings. The first kappa shape index (κ1) is 20.4. The van der Waals surface area contributed by atoms with Crippen LogP contribution < -0.4 is 16.2 Å². The number of rotatable bonds is 5. The Morgan fingerprint density at radius 1 is 1.13 bits per heavy atom. The molecule has 158 valence electrons. The third kappa shape index (κ3) is 4.83. The Morgan fingerprint density at radius 2 is 1.90 bits per heavy atom. The Morgan fingerprint density at radius 3 is 2.67 bits per heavy atom. The average Bonchev–Trinajstić information content (AvgIpc) is 3.29. The molecule has 2 aliphatic heterocycles. The molecule has 2 aromatic rings.